The number of rotatable bonds is 9. The molecule has 0 bridgehead atoms. The molecule has 0 aromatic heterocycles. The Morgan fingerprint density at radius 2 is 2.05 bits per heavy atom. The molecule has 1 amide bonds. The smallest absolute Gasteiger partial charge is 0.268 e. The van der Waals surface area contributed by atoms with Crippen molar-refractivity contribution in [2.45, 2.75) is 12.8 Å². The molecule has 21 heavy (non-hydrogen) atoms. The van der Waals surface area contributed by atoms with Gasteiger partial charge in [0.25, 0.3) is 7.82 Å². The quantitative estimate of drug-likeness (QED) is 0.458. The van der Waals surface area contributed by atoms with E-state index < -0.39 is 7.82 Å². The number of hydrogen-bond acceptors (Lipinski definition) is 5. The Labute approximate surface area is 126 Å². The summed E-state index contributed by atoms with van der Waals surface area (Å²) >= 11 is 0. The Morgan fingerprint density at radius 1 is 1.43 bits per heavy atom. The first kappa shape index (κ1) is 18.3. The molecule has 0 aliphatic carbocycles. The Balaban J connectivity index is 2.26. The summed E-state index contributed by atoms with van der Waals surface area (Å²) in [5, 5.41) is 0. The molecule has 1 aliphatic heterocycles. The van der Waals surface area contributed by atoms with Gasteiger partial charge in [-0.3, -0.25) is 9.36 Å². The summed E-state index contributed by atoms with van der Waals surface area (Å²) in [7, 11) is 1.54. The Kier molecular flexibility index (Phi) is 6.56. The van der Waals surface area contributed by atoms with E-state index in [2.05, 4.69) is 6.58 Å². The van der Waals surface area contributed by atoms with E-state index in [1.165, 1.54) is 6.20 Å². The fraction of sp³-hybridized carbons (Fsp3) is 0.769. The van der Waals surface area contributed by atoms with E-state index in [1.807, 2.05) is 21.1 Å². The van der Waals surface area contributed by atoms with Crippen molar-refractivity contribution < 1.29 is 27.8 Å². The summed E-state index contributed by atoms with van der Waals surface area (Å²) in [6, 6.07) is 0. The van der Waals surface area contributed by atoms with E-state index in [-0.39, 0.29) is 25.0 Å². The summed E-state index contributed by atoms with van der Waals surface area (Å²) in [6.45, 7) is 4.79. The van der Waals surface area contributed by atoms with E-state index in [0.29, 0.717) is 30.4 Å². The van der Waals surface area contributed by atoms with Gasteiger partial charge in [-0.1, -0.05) is 6.58 Å². The molecule has 122 valence electrons. The molecule has 2 unspecified atom stereocenters. The second-order valence-corrected chi connectivity index (χ2v) is 7.53. The summed E-state index contributed by atoms with van der Waals surface area (Å²) in [5.41, 5.74) is 0. The normalized spacial score (nSPS) is 22.4. The molecule has 0 aromatic rings. The van der Waals surface area contributed by atoms with E-state index in [4.69, 9.17) is 9.05 Å². The Hall–Kier alpha value is -0.720. The van der Waals surface area contributed by atoms with Gasteiger partial charge < -0.3 is 23.3 Å². The van der Waals surface area contributed by atoms with Crippen molar-refractivity contribution in [3.63, 3.8) is 0 Å². The molecule has 2 atom stereocenters. The van der Waals surface area contributed by atoms with Gasteiger partial charge in [-0.25, -0.2) is 0 Å². The average Bonchev–Trinajstić information content (AvgIpc) is 2.68. The number of carbonyl (C=O) groups excluding carboxylic acids is 1. The lowest BCUT2D eigenvalue weighted by molar-refractivity contribution is -0.870. The van der Waals surface area contributed by atoms with Gasteiger partial charge in [0, 0.05) is 12.5 Å². The van der Waals surface area contributed by atoms with Crippen LogP contribution in [0.25, 0.3) is 0 Å². The summed E-state index contributed by atoms with van der Waals surface area (Å²) in [5.74, 6) is -0.227. The lowest BCUT2D eigenvalue weighted by Gasteiger charge is -2.27. The third-order valence-corrected chi connectivity index (χ3v) is 4.30. The second kappa shape index (κ2) is 7.51. The van der Waals surface area contributed by atoms with E-state index in [1.54, 1.807) is 4.90 Å². The van der Waals surface area contributed by atoms with Gasteiger partial charge in [0.05, 0.1) is 27.7 Å². The van der Waals surface area contributed by atoms with Crippen LogP contribution in [0.5, 0.6) is 0 Å². The third-order valence-electron chi connectivity index (χ3n) is 3.30. The van der Waals surface area contributed by atoms with Crippen LogP contribution in [0.2, 0.25) is 0 Å². The zero-order valence-electron chi connectivity index (χ0n) is 13.0. The fourth-order valence-corrected chi connectivity index (χ4v) is 2.69. The van der Waals surface area contributed by atoms with Crippen molar-refractivity contribution in [2.24, 2.45) is 5.92 Å². The first-order chi connectivity index (χ1) is 9.64. The van der Waals surface area contributed by atoms with Gasteiger partial charge in [-0.15, -0.1) is 0 Å². The van der Waals surface area contributed by atoms with Crippen molar-refractivity contribution in [3.8, 4) is 0 Å². The lowest BCUT2D eigenvalue weighted by Crippen LogP contribution is -2.37. The average molecular weight is 320 g/mol. The maximum Gasteiger partial charge on any atom is 0.268 e. The molecule has 7 nitrogen and oxygen atoms in total. The highest BCUT2D eigenvalue weighted by molar-refractivity contribution is 7.45. The van der Waals surface area contributed by atoms with Crippen molar-refractivity contribution in [1.29, 1.82) is 0 Å². The maximum atomic E-state index is 11.8. The van der Waals surface area contributed by atoms with E-state index in [0.717, 1.165) is 0 Å². The number of phosphoric acid groups is 1. The monoisotopic (exact) mass is 320 g/mol. The highest BCUT2D eigenvalue weighted by Crippen LogP contribution is 2.38. The van der Waals surface area contributed by atoms with Gasteiger partial charge >= 0.3 is 0 Å². The van der Waals surface area contributed by atoms with Gasteiger partial charge in [-0.2, -0.15) is 0 Å². The molecule has 1 aliphatic rings. The molecular weight excluding hydrogens is 295 g/mol. The summed E-state index contributed by atoms with van der Waals surface area (Å²) in [6.07, 6.45) is 2.56. The van der Waals surface area contributed by atoms with Gasteiger partial charge in [0.1, 0.15) is 13.2 Å². The van der Waals surface area contributed by atoms with Gasteiger partial charge in [0.2, 0.25) is 5.91 Å². The van der Waals surface area contributed by atoms with Crippen LogP contribution in [0.3, 0.4) is 0 Å². The van der Waals surface area contributed by atoms with E-state index >= 15 is 0 Å². The molecule has 0 N–H and O–H groups in total. The van der Waals surface area contributed by atoms with Crippen LogP contribution in [0.15, 0.2) is 12.8 Å². The lowest BCUT2D eigenvalue weighted by atomic mass is 10.1. The van der Waals surface area contributed by atoms with Crippen molar-refractivity contribution in [2.75, 3.05) is 47.4 Å². The summed E-state index contributed by atoms with van der Waals surface area (Å²) < 4.78 is 21.7. The molecule has 0 spiro atoms. The van der Waals surface area contributed by atoms with Crippen molar-refractivity contribution >= 4 is 13.7 Å². The van der Waals surface area contributed by atoms with Crippen LogP contribution >= 0.6 is 7.82 Å². The number of amides is 1. The SMILES string of the molecule is C=CN1CCC(CCOP(=O)([O-])OCC[N+](C)(C)C)C1=O. The number of carbonyl (C=O) groups is 1. The fourth-order valence-electron chi connectivity index (χ4n) is 1.98. The molecule has 0 aromatic carbocycles. The third kappa shape index (κ3) is 6.72. The minimum Gasteiger partial charge on any atom is -0.756 e. The first-order valence-electron chi connectivity index (χ1n) is 6.98. The topological polar surface area (TPSA) is 78.9 Å². The van der Waals surface area contributed by atoms with Gasteiger partial charge in [-0.05, 0) is 19.0 Å². The number of quaternary nitrogens is 1. The number of likely N-dealkylation sites (tertiary alicyclic amines) is 1. The minimum atomic E-state index is -4.28. The van der Waals surface area contributed by atoms with Crippen LogP contribution in [-0.4, -0.2) is 62.7 Å². The minimum absolute atomic E-state index is 0.0275. The van der Waals surface area contributed by atoms with Crippen LogP contribution in [0.1, 0.15) is 12.8 Å². The summed E-state index contributed by atoms with van der Waals surface area (Å²) in [4.78, 5) is 24.9. The predicted octanol–water partition coefficient (Wildman–Crippen LogP) is 0.576. The molecule has 1 fully saturated rings. The van der Waals surface area contributed by atoms with Crippen LogP contribution < -0.4 is 4.89 Å². The largest absolute Gasteiger partial charge is 0.756 e. The first-order valence-corrected chi connectivity index (χ1v) is 8.44. The van der Waals surface area contributed by atoms with Crippen molar-refractivity contribution in [3.05, 3.63) is 12.8 Å². The van der Waals surface area contributed by atoms with Crippen LogP contribution in [0, 0.1) is 5.92 Å². The number of phosphoric ester groups is 1. The number of nitrogens with zero attached hydrogens (tertiary/aromatic N) is 2. The number of likely N-dealkylation sites (N-methyl/N-ethyl adjacent to an activating group) is 1. The van der Waals surface area contributed by atoms with E-state index in [9.17, 15) is 14.3 Å². The zero-order chi connectivity index (χ0) is 16.1. The highest BCUT2D eigenvalue weighted by atomic mass is 31.2. The Bertz CT molecular complexity index is 421. The highest BCUT2D eigenvalue weighted by Gasteiger charge is 2.29. The standard InChI is InChI=1S/C13H25N2O5P/c1-5-14-8-6-12(13(14)16)7-10-19-21(17,18)20-11-9-15(2,3)4/h5,12H,1,6-11H2,2-4H3. The molecule has 1 heterocycles. The maximum absolute atomic E-state index is 11.8. The molecule has 0 radical (unpaired) electrons. The van der Waals surface area contributed by atoms with Gasteiger partial charge in [0.15, 0.2) is 0 Å². The molecule has 0 saturated carbocycles. The Morgan fingerprint density at radius 3 is 2.57 bits per heavy atom. The zero-order valence-corrected chi connectivity index (χ0v) is 13.9. The molecule has 1 saturated heterocycles. The molecular formula is C13H25N2O5P. The number of hydrogen-bond donors (Lipinski definition) is 0. The van der Waals surface area contributed by atoms with Crippen molar-refractivity contribution in [1.82, 2.24) is 4.90 Å². The van der Waals surface area contributed by atoms with Crippen LogP contribution in [0.4, 0.5) is 0 Å². The molecule has 1 rings (SSSR count). The molecule has 8 heteroatoms. The second-order valence-electron chi connectivity index (χ2n) is 6.12. The predicted molar refractivity (Wildman–Crippen MR) is 77.0 cm³/mol. The van der Waals surface area contributed by atoms with Crippen LogP contribution in [-0.2, 0) is 18.4 Å².